The Kier molecular flexibility index (Phi) is 6.63. The first kappa shape index (κ1) is 20.4. The smallest absolute Gasteiger partial charge is 0.317 e. The molecule has 0 unspecified atom stereocenters. The monoisotopic (exact) mass is 411 g/mol. The molecule has 3 amide bonds. The Balaban J connectivity index is 1.18. The Morgan fingerprint density at radius 3 is 2.73 bits per heavy atom. The number of carbonyl (C=O) groups excluding carboxylic acids is 2. The molecule has 2 aromatic rings. The summed E-state index contributed by atoms with van der Waals surface area (Å²) in [6, 6.07) is 12.3. The van der Waals surface area contributed by atoms with Crippen molar-refractivity contribution in [2.45, 2.75) is 25.8 Å². The summed E-state index contributed by atoms with van der Waals surface area (Å²) in [5.41, 5.74) is 1.70. The second-order valence-electron chi connectivity index (χ2n) is 8.06. The van der Waals surface area contributed by atoms with Crippen LogP contribution >= 0.6 is 0 Å². The van der Waals surface area contributed by atoms with Crippen LogP contribution in [0.5, 0.6) is 0 Å². The Morgan fingerprint density at radius 2 is 2.00 bits per heavy atom. The molecule has 30 heavy (non-hydrogen) atoms. The van der Waals surface area contributed by atoms with Crippen LogP contribution in [0.1, 0.15) is 34.7 Å². The fourth-order valence-electron chi connectivity index (χ4n) is 4.13. The number of nitrogens with one attached hydrogen (secondary N) is 2. The summed E-state index contributed by atoms with van der Waals surface area (Å²) in [5.74, 6) is 1.16. The second kappa shape index (κ2) is 9.75. The van der Waals surface area contributed by atoms with E-state index in [0.29, 0.717) is 38.5 Å². The highest BCUT2D eigenvalue weighted by atomic mass is 16.5. The minimum atomic E-state index is -0.272. The first-order valence-corrected chi connectivity index (χ1v) is 10.7. The van der Waals surface area contributed by atoms with E-state index >= 15 is 0 Å². The van der Waals surface area contributed by atoms with Crippen LogP contribution in [0.4, 0.5) is 4.79 Å². The summed E-state index contributed by atoms with van der Waals surface area (Å²) in [4.78, 5) is 27.8. The lowest BCUT2D eigenvalue weighted by Gasteiger charge is -2.31. The van der Waals surface area contributed by atoms with E-state index in [9.17, 15) is 9.59 Å². The Labute approximate surface area is 176 Å². The van der Waals surface area contributed by atoms with Crippen LogP contribution in [0.15, 0.2) is 40.9 Å². The van der Waals surface area contributed by atoms with Gasteiger partial charge in [0.15, 0.2) is 11.5 Å². The number of hydrogen-bond donors (Lipinski definition) is 2. The van der Waals surface area contributed by atoms with Crippen molar-refractivity contribution in [1.29, 1.82) is 0 Å². The normalized spacial score (nSPS) is 17.9. The molecule has 0 atom stereocenters. The average Bonchev–Trinajstić information content (AvgIpc) is 3.39. The van der Waals surface area contributed by atoms with Gasteiger partial charge in [-0.15, -0.1) is 0 Å². The van der Waals surface area contributed by atoms with Gasteiger partial charge in [-0.3, -0.25) is 9.69 Å². The molecule has 2 aliphatic heterocycles. The fraction of sp³-hybridized carbons (Fsp3) is 0.500. The molecule has 160 valence electrons. The number of carbonyl (C=O) groups is 2. The first-order valence-electron chi connectivity index (χ1n) is 10.7. The predicted octanol–water partition coefficient (Wildman–Crippen LogP) is 1.88. The summed E-state index contributed by atoms with van der Waals surface area (Å²) in [6.45, 7) is 4.93. The van der Waals surface area contributed by atoms with Gasteiger partial charge in [-0.05, 0) is 43.8 Å². The van der Waals surface area contributed by atoms with Gasteiger partial charge in [-0.2, -0.15) is 0 Å². The van der Waals surface area contributed by atoms with Crippen molar-refractivity contribution in [3.8, 4) is 0 Å². The van der Waals surface area contributed by atoms with Crippen LogP contribution in [-0.4, -0.2) is 66.2 Å². The molecule has 1 aromatic heterocycles. The Hall–Kier alpha value is -2.87. The van der Waals surface area contributed by atoms with Gasteiger partial charge < -0.3 is 20.1 Å². The second-order valence-corrected chi connectivity index (χ2v) is 8.06. The first-order chi connectivity index (χ1) is 14.7. The van der Waals surface area contributed by atoms with Crippen molar-refractivity contribution >= 4 is 11.9 Å². The molecule has 2 aliphatic rings. The van der Waals surface area contributed by atoms with Crippen molar-refractivity contribution in [1.82, 2.24) is 25.6 Å². The van der Waals surface area contributed by atoms with Gasteiger partial charge in [-0.1, -0.05) is 35.5 Å². The third-order valence-electron chi connectivity index (χ3n) is 5.86. The molecule has 0 aliphatic carbocycles. The molecular formula is C22H29N5O3. The quantitative estimate of drug-likeness (QED) is 0.692. The maximum Gasteiger partial charge on any atom is 0.317 e. The van der Waals surface area contributed by atoms with Crippen LogP contribution < -0.4 is 10.6 Å². The number of hydrogen-bond acceptors (Lipinski definition) is 5. The van der Waals surface area contributed by atoms with Gasteiger partial charge in [0.25, 0.3) is 5.91 Å². The Bertz CT molecular complexity index is 845. The van der Waals surface area contributed by atoms with Crippen LogP contribution in [-0.2, 0) is 13.0 Å². The zero-order chi connectivity index (χ0) is 20.8. The molecule has 1 aromatic carbocycles. The van der Waals surface area contributed by atoms with Crippen molar-refractivity contribution in [3.05, 3.63) is 53.4 Å². The zero-order valence-corrected chi connectivity index (χ0v) is 17.2. The van der Waals surface area contributed by atoms with E-state index in [4.69, 9.17) is 4.52 Å². The number of piperidine rings is 1. The maximum absolute atomic E-state index is 12.3. The Morgan fingerprint density at radius 1 is 1.20 bits per heavy atom. The van der Waals surface area contributed by atoms with Crippen LogP contribution in [0, 0.1) is 5.92 Å². The van der Waals surface area contributed by atoms with Gasteiger partial charge in [0.2, 0.25) is 0 Å². The van der Waals surface area contributed by atoms with E-state index in [1.165, 1.54) is 18.4 Å². The van der Waals surface area contributed by atoms with Crippen LogP contribution in [0.3, 0.4) is 0 Å². The van der Waals surface area contributed by atoms with Gasteiger partial charge in [-0.25, -0.2) is 4.79 Å². The minimum absolute atomic E-state index is 0.0829. The molecule has 0 bridgehead atoms. The lowest BCUT2D eigenvalue weighted by Crippen LogP contribution is -2.36. The summed E-state index contributed by atoms with van der Waals surface area (Å²) >= 11 is 0. The topological polar surface area (TPSA) is 90.7 Å². The highest BCUT2D eigenvalue weighted by Gasteiger charge is 2.22. The third-order valence-corrected chi connectivity index (χ3v) is 5.86. The summed E-state index contributed by atoms with van der Waals surface area (Å²) in [5, 5.41) is 9.45. The van der Waals surface area contributed by atoms with Gasteiger partial charge in [0.1, 0.15) is 0 Å². The molecular weight excluding hydrogens is 382 g/mol. The summed E-state index contributed by atoms with van der Waals surface area (Å²) in [7, 11) is 0. The van der Waals surface area contributed by atoms with Gasteiger partial charge in [0.05, 0.1) is 6.54 Å². The fourth-order valence-corrected chi connectivity index (χ4v) is 4.13. The predicted molar refractivity (Wildman–Crippen MR) is 112 cm³/mol. The van der Waals surface area contributed by atoms with Gasteiger partial charge >= 0.3 is 6.03 Å². The van der Waals surface area contributed by atoms with Crippen molar-refractivity contribution in [2.24, 2.45) is 5.92 Å². The van der Waals surface area contributed by atoms with Crippen molar-refractivity contribution < 1.29 is 14.1 Å². The number of aromatic nitrogens is 1. The van der Waals surface area contributed by atoms with E-state index in [1.54, 1.807) is 11.0 Å². The van der Waals surface area contributed by atoms with Crippen LogP contribution in [0.25, 0.3) is 0 Å². The van der Waals surface area contributed by atoms with Gasteiger partial charge in [0, 0.05) is 32.2 Å². The molecule has 0 saturated carbocycles. The van der Waals surface area contributed by atoms with E-state index in [1.807, 2.05) is 0 Å². The highest BCUT2D eigenvalue weighted by molar-refractivity contribution is 5.92. The largest absolute Gasteiger partial charge is 0.359 e. The molecule has 2 fully saturated rings. The number of benzene rings is 1. The van der Waals surface area contributed by atoms with E-state index in [0.717, 1.165) is 25.4 Å². The van der Waals surface area contributed by atoms with Crippen molar-refractivity contribution in [3.63, 3.8) is 0 Å². The number of rotatable bonds is 8. The minimum Gasteiger partial charge on any atom is -0.359 e. The lowest BCUT2D eigenvalue weighted by atomic mass is 9.90. The number of nitrogens with zero attached hydrogens (tertiary/aromatic N) is 3. The molecule has 8 nitrogen and oxygen atoms in total. The maximum atomic E-state index is 12.3. The number of urea groups is 1. The number of likely N-dealkylation sites (tertiary alicyclic amines) is 1. The SMILES string of the molecule is O=C(NCCN1CCNC1=O)c1cc(CN2CCC(Cc3ccccc3)CC2)on1. The standard InChI is InChI=1S/C22H29N5O3/c28-21(23-8-12-27-13-9-24-22(27)29)20-15-19(30-25-20)16-26-10-6-18(7-11-26)14-17-4-2-1-3-5-17/h1-5,15,18H,6-14,16H2,(H,23,28)(H,24,29). The molecule has 2 saturated heterocycles. The average molecular weight is 412 g/mol. The summed E-state index contributed by atoms with van der Waals surface area (Å²) < 4.78 is 5.38. The van der Waals surface area contributed by atoms with Crippen LogP contribution in [0.2, 0.25) is 0 Å². The molecule has 4 rings (SSSR count). The molecule has 8 heteroatoms. The van der Waals surface area contributed by atoms with E-state index < -0.39 is 0 Å². The molecule has 0 spiro atoms. The summed E-state index contributed by atoms with van der Waals surface area (Å²) in [6.07, 6.45) is 3.47. The third kappa shape index (κ3) is 5.38. The van der Waals surface area contributed by atoms with E-state index in [2.05, 4.69) is 51.0 Å². The number of amides is 3. The molecule has 2 N–H and O–H groups in total. The molecule has 3 heterocycles. The van der Waals surface area contributed by atoms with Crippen molar-refractivity contribution in [2.75, 3.05) is 39.3 Å². The van der Waals surface area contributed by atoms with E-state index in [-0.39, 0.29) is 17.6 Å². The lowest BCUT2D eigenvalue weighted by molar-refractivity contribution is 0.0940. The molecule has 0 radical (unpaired) electrons. The highest BCUT2D eigenvalue weighted by Crippen LogP contribution is 2.23. The zero-order valence-electron chi connectivity index (χ0n) is 17.2.